The van der Waals surface area contributed by atoms with Crippen LogP contribution in [-0.2, 0) is 4.79 Å². The molecule has 2 aromatic heterocycles. The van der Waals surface area contributed by atoms with Gasteiger partial charge in [-0.25, -0.2) is 4.68 Å². The molecular formula is C25H21ClN6O. The third-order valence-corrected chi connectivity index (χ3v) is 5.82. The summed E-state index contributed by atoms with van der Waals surface area (Å²) >= 11 is 6.40. The molecule has 0 radical (unpaired) electrons. The van der Waals surface area contributed by atoms with E-state index in [1.807, 2.05) is 50.2 Å². The molecule has 1 amide bonds. The number of halogens is 1. The van der Waals surface area contributed by atoms with Gasteiger partial charge in [-0.1, -0.05) is 53.6 Å². The Kier molecular flexibility index (Phi) is 5.40. The van der Waals surface area contributed by atoms with Crippen LogP contribution in [0.4, 0.5) is 11.6 Å². The summed E-state index contributed by atoms with van der Waals surface area (Å²) in [5.41, 5.74) is 4.62. The number of carbonyl (C=O) groups is 1. The largest absolute Gasteiger partial charge is 0.328 e. The van der Waals surface area contributed by atoms with E-state index < -0.39 is 6.04 Å². The second kappa shape index (κ2) is 8.52. The third-order valence-electron chi connectivity index (χ3n) is 5.49. The molecule has 0 bridgehead atoms. The second-order valence-corrected chi connectivity index (χ2v) is 8.27. The van der Waals surface area contributed by atoms with Crippen molar-refractivity contribution in [3.05, 3.63) is 100 Å². The Bertz CT molecular complexity index is 1380. The summed E-state index contributed by atoms with van der Waals surface area (Å²) in [7, 11) is 0. The van der Waals surface area contributed by atoms with Gasteiger partial charge in [0.05, 0.1) is 22.5 Å². The van der Waals surface area contributed by atoms with Crippen LogP contribution < -0.4 is 10.6 Å². The fourth-order valence-corrected chi connectivity index (χ4v) is 4.21. The first kappa shape index (κ1) is 20.9. The lowest BCUT2D eigenvalue weighted by atomic mass is 9.94. The number of rotatable bonds is 4. The summed E-state index contributed by atoms with van der Waals surface area (Å²) in [6.07, 6.45) is 3.28. The van der Waals surface area contributed by atoms with Gasteiger partial charge in [0.2, 0.25) is 5.95 Å². The maximum absolute atomic E-state index is 13.5. The SMILES string of the molecule is CC1=C(C(=O)Nc2cccnc2)C(c2cccc(C)c2)n2nc(-c3ccccc3Cl)nc2N1. The van der Waals surface area contributed by atoms with Gasteiger partial charge < -0.3 is 10.6 Å². The first-order valence-electron chi connectivity index (χ1n) is 10.5. The number of aryl methyl sites for hydroxylation is 1. The van der Waals surface area contributed by atoms with E-state index in [4.69, 9.17) is 16.7 Å². The van der Waals surface area contributed by atoms with Crippen LogP contribution in [0.1, 0.15) is 24.1 Å². The Morgan fingerprint density at radius 2 is 1.94 bits per heavy atom. The standard InChI is InChI=1S/C25H21ClN6O/c1-15-7-5-8-17(13-15)22-21(24(33)29-18-9-6-12-27-14-18)16(2)28-25-30-23(31-32(22)25)19-10-3-4-11-20(19)26/h3-14,22H,1-2H3,(H,29,33)(H,28,30,31). The molecule has 1 unspecified atom stereocenters. The monoisotopic (exact) mass is 456 g/mol. The molecule has 1 aliphatic heterocycles. The molecule has 33 heavy (non-hydrogen) atoms. The normalized spacial score (nSPS) is 15.1. The molecule has 8 heteroatoms. The minimum absolute atomic E-state index is 0.236. The number of fused-ring (bicyclic) bond motifs is 1. The van der Waals surface area contributed by atoms with Gasteiger partial charge in [0.1, 0.15) is 6.04 Å². The molecular weight excluding hydrogens is 436 g/mol. The van der Waals surface area contributed by atoms with E-state index in [2.05, 4.69) is 26.7 Å². The van der Waals surface area contributed by atoms with E-state index in [9.17, 15) is 4.79 Å². The van der Waals surface area contributed by atoms with Crippen molar-refractivity contribution in [1.82, 2.24) is 19.7 Å². The van der Waals surface area contributed by atoms with Crippen LogP contribution in [0, 0.1) is 6.92 Å². The molecule has 0 fully saturated rings. The Morgan fingerprint density at radius 1 is 1.09 bits per heavy atom. The molecule has 0 saturated carbocycles. The molecule has 7 nitrogen and oxygen atoms in total. The molecule has 164 valence electrons. The van der Waals surface area contributed by atoms with Crippen molar-refractivity contribution in [3.63, 3.8) is 0 Å². The quantitative estimate of drug-likeness (QED) is 0.439. The number of nitrogens with one attached hydrogen (secondary N) is 2. The van der Waals surface area contributed by atoms with Crippen LogP contribution in [0.15, 0.2) is 84.3 Å². The van der Waals surface area contributed by atoms with Gasteiger partial charge in [-0.15, -0.1) is 5.10 Å². The number of hydrogen-bond acceptors (Lipinski definition) is 5. The zero-order chi connectivity index (χ0) is 22.9. The van der Waals surface area contributed by atoms with E-state index in [0.717, 1.165) is 16.7 Å². The maximum Gasteiger partial charge on any atom is 0.255 e. The fourth-order valence-electron chi connectivity index (χ4n) is 3.99. The molecule has 2 aromatic carbocycles. The van der Waals surface area contributed by atoms with Crippen molar-refractivity contribution in [1.29, 1.82) is 0 Å². The summed E-state index contributed by atoms with van der Waals surface area (Å²) in [4.78, 5) is 22.2. The van der Waals surface area contributed by atoms with E-state index >= 15 is 0 Å². The predicted molar refractivity (Wildman–Crippen MR) is 129 cm³/mol. The molecule has 0 saturated heterocycles. The number of nitrogens with zero attached hydrogens (tertiary/aromatic N) is 4. The summed E-state index contributed by atoms with van der Waals surface area (Å²) in [5, 5.41) is 11.5. The Hall–Kier alpha value is -3.97. The number of aromatic nitrogens is 4. The van der Waals surface area contributed by atoms with Crippen molar-refractivity contribution in [2.24, 2.45) is 0 Å². The first-order valence-corrected chi connectivity index (χ1v) is 10.9. The number of allylic oxidation sites excluding steroid dienone is 1. The Balaban J connectivity index is 1.63. The fraction of sp³-hybridized carbons (Fsp3) is 0.120. The molecule has 3 heterocycles. The topological polar surface area (TPSA) is 84.7 Å². The number of amides is 1. The van der Waals surface area contributed by atoms with Crippen LogP contribution in [0.5, 0.6) is 0 Å². The van der Waals surface area contributed by atoms with Gasteiger partial charge in [-0.05, 0) is 43.7 Å². The summed E-state index contributed by atoms with van der Waals surface area (Å²) in [6.45, 7) is 3.89. The number of anilines is 2. The van der Waals surface area contributed by atoms with Gasteiger partial charge in [-0.2, -0.15) is 4.98 Å². The van der Waals surface area contributed by atoms with Gasteiger partial charge in [0.15, 0.2) is 5.82 Å². The summed E-state index contributed by atoms with van der Waals surface area (Å²) in [6, 6.07) is 18.6. The smallest absolute Gasteiger partial charge is 0.255 e. The zero-order valence-electron chi connectivity index (χ0n) is 18.1. The van der Waals surface area contributed by atoms with Crippen molar-refractivity contribution in [2.75, 3.05) is 10.6 Å². The van der Waals surface area contributed by atoms with Crippen molar-refractivity contribution in [3.8, 4) is 11.4 Å². The van der Waals surface area contributed by atoms with Crippen molar-refractivity contribution < 1.29 is 4.79 Å². The van der Waals surface area contributed by atoms with Crippen LogP contribution in [0.25, 0.3) is 11.4 Å². The third kappa shape index (κ3) is 3.99. The van der Waals surface area contributed by atoms with Crippen LogP contribution in [0.2, 0.25) is 5.02 Å². The number of pyridine rings is 1. The highest BCUT2D eigenvalue weighted by Gasteiger charge is 2.34. The lowest BCUT2D eigenvalue weighted by molar-refractivity contribution is -0.113. The first-order chi connectivity index (χ1) is 16.0. The second-order valence-electron chi connectivity index (χ2n) is 7.86. The molecule has 4 aromatic rings. The van der Waals surface area contributed by atoms with E-state index in [1.54, 1.807) is 35.3 Å². The maximum atomic E-state index is 13.5. The van der Waals surface area contributed by atoms with E-state index in [1.165, 1.54) is 0 Å². The van der Waals surface area contributed by atoms with E-state index in [-0.39, 0.29) is 5.91 Å². The zero-order valence-corrected chi connectivity index (χ0v) is 18.8. The number of hydrogen-bond donors (Lipinski definition) is 2. The Morgan fingerprint density at radius 3 is 2.70 bits per heavy atom. The van der Waals surface area contributed by atoms with Crippen molar-refractivity contribution in [2.45, 2.75) is 19.9 Å². The highest BCUT2D eigenvalue weighted by atomic mass is 35.5. The lowest BCUT2D eigenvalue weighted by Gasteiger charge is -2.28. The van der Waals surface area contributed by atoms with Crippen LogP contribution >= 0.6 is 11.6 Å². The lowest BCUT2D eigenvalue weighted by Crippen LogP contribution is -2.31. The predicted octanol–water partition coefficient (Wildman–Crippen LogP) is 5.23. The Labute approximate surface area is 196 Å². The summed E-state index contributed by atoms with van der Waals surface area (Å²) < 4.78 is 1.75. The van der Waals surface area contributed by atoms with Gasteiger partial charge >= 0.3 is 0 Å². The highest BCUT2D eigenvalue weighted by Crippen LogP contribution is 2.37. The van der Waals surface area contributed by atoms with Crippen molar-refractivity contribution >= 4 is 29.1 Å². The average molecular weight is 457 g/mol. The van der Waals surface area contributed by atoms with Gasteiger partial charge in [-0.3, -0.25) is 9.78 Å². The summed E-state index contributed by atoms with van der Waals surface area (Å²) in [5.74, 6) is 0.800. The molecule has 0 spiro atoms. The minimum Gasteiger partial charge on any atom is -0.328 e. The molecule has 0 aliphatic carbocycles. The van der Waals surface area contributed by atoms with Crippen LogP contribution in [-0.4, -0.2) is 25.7 Å². The highest BCUT2D eigenvalue weighted by molar-refractivity contribution is 6.33. The van der Waals surface area contributed by atoms with Crippen LogP contribution in [0.3, 0.4) is 0 Å². The van der Waals surface area contributed by atoms with E-state index in [0.29, 0.717) is 33.8 Å². The average Bonchev–Trinajstić information content (AvgIpc) is 3.22. The number of carbonyl (C=O) groups excluding carboxylic acids is 1. The molecule has 2 N–H and O–H groups in total. The van der Waals surface area contributed by atoms with Gasteiger partial charge in [0, 0.05) is 17.5 Å². The molecule has 1 aliphatic rings. The molecule has 5 rings (SSSR count). The molecule has 1 atom stereocenters. The van der Waals surface area contributed by atoms with Gasteiger partial charge in [0.25, 0.3) is 5.91 Å². The number of benzene rings is 2. The minimum atomic E-state index is -0.471.